The molecule has 1 aromatic heterocycles. The van der Waals surface area contributed by atoms with Gasteiger partial charge in [0.2, 0.25) is 5.91 Å². The van der Waals surface area contributed by atoms with Crippen LogP contribution in [-0.2, 0) is 4.79 Å². The highest BCUT2D eigenvalue weighted by Crippen LogP contribution is 2.23. The number of nitrogens with zero attached hydrogens (tertiary/aromatic N) is 2. The van der Waals surface area contributed by atoms with Gasteiger partial charge in [0.05, 0.1) is 10.7 Å². The lowest BCUT2D eigenvalue weighted by Gasteiger charge is -2.07. The normalized spacial score (nSPS) is 10.4. The third-order valence-corrected chi connectivity index (χ3v) is 4.67. The Bertz CT molecular complexity index is 1070. The lowest BCUT2D eigenvalue weighted by atomic mass is 10.2. The fourth-order valence-electron chi connectivity index (χ4n) is 2.38. The lowest BCUT2D eigenvalue weighted by molar-refractivity contribution is -0.384. The molecule has 0 saturated heterocycles. The number of nitro benzene ring substituents is 1. The summed E-state index contributed by atoms with van der Waals surface area (Å²) in [6.07, 6.45) is 0. The van der Waals surface area contributed by atoms with Crippen LogP contribution in [0.4, 0.5) is 17.2 Å². The summed E-state index contributed by atoms with van der Waals surface area (Å²) in [5.41, 5.74) is 0.536. The third-order valence-electron chi connectivity index (χ3n) is 3.68. The fraction of sp³-hybridized carbons (Fsp3) is 0.105. The molecule has 0 aliphatic heterocycles. The Kier molecular flexibility index (Phi) is 6.25. The number of nitro groups is 1. The first-order valence-corrected chi connectivity index (χ1v) is 9.41. The number of thioether (sulfide) groups is 1. The van der Waals surface area contributed by atoms with Crippen molar-refractivity contribution in [3.8, 4) is 0 Å². The molecular formula is C19H16N4O5S. The molecule has 2 amide bonds. The molecule has 2 aromatic carbocycles. The molecular weight excluding hydrogens is 396 g/mol. The number of nitrogens with one attached hydrogen (secondary N) is 2. The van der Waals surface area contributed by atoms with E-state index >= 15 is 0 Å². The van der Waals surface area contributed by atoms with E-state index in [4.69, 9.17) is 4.52 Å². The molecule has 2 N–H and O–H groups in total. The molecule has 0 fully saturated rings. The average molecular weight is 412 g/mol. The largest absolute Gasteiger partial charge is 0.360 e. The van der Waals surface area contributed by atoms with Gasteiger partial charge >= 0.3 is 0 Å². The molecule has 9 nitrogen and oxygen atoms in total. The van der Waals surface area contributed by atoms with E-state index in [1.807, 2.05) is 0 Å². The number of hydrogen-bond donors (Lipinski definition) is 2. The summed E-state index contributed by atoms with van der Waals surface area (Å²) in [7, 11) is 0. The smallest absolute Gasteiger partial charge is 0.270 e. The third kappa shape index (κ3) is 5.66. The van der Waals surface area contributed by atoms with Gasteiger partial charge < -0.3 is 15.2 Å². The van der Waals surface area contributed by atoms with Crippen LogP contribution >= 0.6 is 11.8 Å². The molecule has 0 saturated carbocycles. The van der Waals surface area contributed by atoms with Crippen molar-refractivity contribution >= 4 is 40.8 Å². The molecule has 0 aliphatic carbocycles. The van der Waals surface area contributed by atoms with Crippen molar-refractivity contribution in [3.05, 3.63) is 76.0 Å². The van der Waals surface area contributed by atoms with Gasteiger partial charge in [-0.05, 0) is 31.2 Å². The van der Waals surface area contributed by atoms with Crippen LogP contribution in [-0.4, -0.2) is 27.6 Å². The Morgan fingerprint density at radius 1 is 1.14 bits per heavy atom. The maximum absolute atomic E-state index is 12.4. The monoisotopic (exact) mass is 412 g/mol. The van der Waals surface area contributed by atoms with Crippen LogP contribution < -0.4 is 10.6 Å². The highest BCUT2D eigenvalue weighted by Gasteiger charge is 2.12. The number of benzene rings is 2. The minimum atomic E-state index is -0.556. The zero-order chi connectivity index (χ0) is 20.8. The van der Waals surface area contributed by atoms with Crippen molar-refractivity contribution in [1.29, 1.82) is 0 Å². The summed E-state index contributed by atoms with van der Waals surface area (Å²) in [4.78, 5) is 35.4. The highest BCUT2D eigenvalue weighted by atomic mass is 32.2. The molecule has 0 atom stereocenters. The van der Waals surface area contributed by atoms with Gasteiger partial charge in [0.15, 0.2) is 5.82 Å². The molecule has 10 heteroatoms. The van der Waals surface area contributed by atoms with Gasteiger partial charge in [-0.1, -0.05) is 17.3 Å². The Morgan fingerprint density at radius 2 is 1.93 bits per heavy atom. The molecule has 3 aromatic rings. The van der Waals surface area contributed by atoms with Crippen LogP contribution in [0.1, 0.15) is 16.1 Å². The van der Waals surface area contributed by atoms with Gasteiger partial charge in [-0.3, -0.25) is 19.7 Å². The first-order chi connectivity index (χ1) is 13.9. The lowest BCUT2D eigenvalue weighted by Crippen LogP contribution is -2.14. The predicted molar refractivity (Wildman–Crippen MR) is 108 cm³/mol. The Labute approximate surface area is 169 Å². The molecule has 0 spiro atoms. The van der Waals surface area contributed by atoms with Crippen LogP contribution in [0.2, 0.25) is 0 Å². The van der Waals surface area contributed by atoms with Crippen LogP contribution in [0, 0.1) is 17.0 Å². The number of aryl methyl sites for hydroxylation is 1. The summed E-state index contributed by atoms with van der Waals surface area (Å²) >= 11 is 1.29. The Balaban J connectivity index is 1.59. The number of hydrogen-bond acceptors (Lipinski definition) is 7. The number of amides is 2. The van der Waals surface area contributed by atoms with Crippen LogP contribution in [0.5, 0.6) is 0 Å². The number of non-ortho nitro benzene ring substituents is 1. The molecule has 148 valence electrons. The van der Waals surface area contributed by atoms with Crippen molar-refractivity contribution in [2.75, 3.05) is 16.4 Å². The topological polar surface area (TPSA) is 127 Å². The number of carbonyl (C=O) groups excluding carboxylic acids is 2. The predicted octanol–water partition coefficient (Wildman–Crippen LogP) is 3.87. The van der Waals surface area contributed by atoms with E-state index in [0.717, 1.165) is 4.90 Å². The second kappa shape index (κ2) is 9.02. The highest BCUT2D eigenvalue weighted by molar-refractivity contribution is 8.00. The SMILES string of the molecule is Cc1cc(NC(=O)CSc2cccc(NC(=O)c3cccc([N+](=O)[O-])c3)c2)no1. The van der Waals surface area contributed by atoms with Gasteiger partial charge in [0, 0.05) is 34.3 Å². The average Bonchev–Trinajstić information content (AvgIpc) is 3.11. The molecule has 1 heterocycles. The standard InChI is InChI=1S/C19H16N4O5S/c1-12-8-17(22-28-12)21-18(24)11-29-16-7-3-5-14(10-16)20-19(25)13-4-2-6-15(9-13)23(26)27/h2-10H,11H2,1H3,(H,20,25)(H,21,22,24). The van der Waals surface area contributed by atoms with E-state index in [1.54, 1.807) is 37.3 Å². The van der Waals surface area contributed by atoms with E-state index in [1.165, 1.54) is 36.0 Å². The van der Waals surface area contributed by atoms with Crippen LogP contribution in [0.25, 0.3) is 0 Å². The van der Waals surface area contributed by atoms with Gasteiger partial charge in [-0.15, -0.1) is 11.8 Å². The van der Waals surface area contributed by atoms with E-state index in [9.17, 15) is 19.7 Å². The second-order valence-electron chi connectivity index (χ2n) is 5.95. The van der Waals surface area contributed by atoms with Crippen molar-refractivity contribution < 1.29 is 19.0 Å². The van der Waals surface area contributed by atoms with Crippen LogP contribution in [0.15, 0.2) is 64.0 Å². The van der Waals surface area contributed by atoms with Gasteiger partial charge in [0.25, 0.3) is 11.6 Å². The second-order valence-corrected chi connectivity index (χ2v) is 7.00. The number of anilines is 2. The van der Waals surface area contributed by atoms with E-state index < -0.39 is 10.8 Å². The van der Waals surface area contributed by atoms with E-state index in [2.05, 4.69) is 15.8 Å². The number of rotatable bonds is 7. The first-order valence-electron chi connectivity index (χ1n) is 8.42. The molecule has 3 rings (SSSR count). The van der Waals surface area contributed by atoms with Gasteiger partial charge in [-0.2, -0.15) is 0 Å². The summed E-state index contributed by atoms with van der Waals surface area (Å²) in [6, 6.07) is 14.1. The maximum atomic E-state index is 12.4. The Morgan fingerprint density at radius 3 is 2.66 bits per heavy atom. The van der Waals surface area contributed by atoms with Gasteiger partial charge in [0.1, 0.15) is 5.76 Å². The quantitative estimate of drug-likeness (QED) is 0.342. The maximum Gasteiger partial charge on any atom is 0.270 e. The summed E-state index contributed by atoms with van der Waals surface area (Å²) in [5, 5.41) is 19.9. The minimum absolute atomic E-state index is 0.147. The van der Waals surface area contributed by atoms with E-state index in [-0.39, 0.29) is 22.9 Å². The molecule has 0 unspecified atom stereocenters. The minimum Gasteiger partial charge on any atom is -0.360 e. The van der Waals surface area contributed by atoms with Crippen molar-refractivity contribution in [1.82, 2.24) is 5.16 Å². The summed E-state index contributed by atoms with van der Waals surface area (Å²) in [5.74, 6) is 0.393. The Hall–Kier alpha value is -3.66. The zero-order valence-corrected chi connectivity index (χ0v) is 16.1. The molecule has 0 radical (unpaired) electrons. The van der Waals surface area contributed by atoms with Crippen molar-refractivity contribution in [2.24, 2.45) is 0 Å². The fourth-order valence-corrected chi connectivity index (χ4v) is 3.14. The summed E-state index contributed by atoms with van der Waals surface area (Å²) in [6.45, 7) is 1.73. The zero-order valence-electron chi connectivity index (χ0n) is 15.2. The summed E-state index contributed by atoms with van der Waals surface area (Å²) < 4.78 is 4.89. The molecule has 0 bridgehead atoms. The molecule has 29 heavy (non-hydrogen) atoms. The number of aromatic nitrogens is 1. The van der Waals surface area contributed by atoms with E-state index in [0.29, 0.717) is 17.3 Å². The first kappa shape index (κ1) is 20.1. The molecule has 0 aliphatic rings. The van der Waals surface area contributed by atoms with Crippen molar-refractivity contribution in [3.63, 3.8) is 0 Å². The van der Waals surface area contributed by atoms with Crippen LogP contribution in [0.3, 0.4) is 0 Å². The number of carbonyl (C=O) groups is 2. The van der Waals surface area contributed by atoms with Gasteiger partial charge in [-0.25, -0.2) is 0 Å². The van der Waals surface area contributed by atoms with Crippen molar-refractivity contribution in [2.45, 2.75) is 11.8 Å².